The van der Waals surface area contributed by atoms with Crippen LogP contribution in [0.25, 0.3) is 0 Å². The van der Waals surface area contributed by atoms with Crippen LogP contribution in [-0.4, -0.2) is 77.0 Å². The zero-order valence-corrected chi connectivity index (χ0v) is 47.0. The molecule has 0 radical (unpaired) electrons. The maximum absolute atomic E-state index is 13.7. The lowest BCUT2D eigenvalue weighted by Crippen LogP contribution is -2.32. The molecule has 0 saturated carbocycles. The second kappa shape index (κ2) is 23.1. The number of carbonyl (C=O) groups is 4. The average molecular weight is 1050 g/mol. The number of fused-ring (bicyclic) bond motifs is 2. The van der Waals surface area contributed by atoms with Crippen molar-refractivity contribution in [2.75, 3.05) is 53.2 Å². The van der Waals surface area contributed by atoms with Crippen molar-refractivity contribution in [2.24, 2.45) is 0 Å². The molecule has 10 bridgehead atoms. The van der Waals surface area contributed by atoms with Crippen molar-refractivity contribution < 1.29 is 47.6 Å². The van der Waals surface area contributed by atoms with E-state index in [1.54, 1.807) is 6.92 Å². The van der Waals surface area contributed by atoms with Crippen LogP contribution in [0.5, 0.6) is 23.0 Å². The second-order valence-electron chi connectivity index (χ2n) is 21.6. The third-order valence-corrected chi connectivity index (χ3v) is 15.8. The smallest absolute Gasteiger partial charge is 0.344 e. The van der Waals surface area contributed by atoms with Crippen molar-refractivity contribution in [3.05, 3.63) is 70.8 Å². The van der Waals surface area contributed by atoms with Crippen LogP contribution < -0.4 is 29.6 Å². The zero-order valence-electron chi connectivity index (χ0n) is 43.7. The van der Waals surface area contributed by atoms with E-state index in [0.717, 1.165) is 22.3 Å². The Hall–Kier alpha value is -4.64. The molecule has 71 heavy (non-hydrogen) atoms. The molecule has 12 nitrogen and oxygen atoms in total. The lowest BCUT2D eigenvalue weighted by Gasteiger charge is -2.28. The number of esters is 2. The van der Waals surface area contributed by atoms with E-state index in [2.05, 4.69) is 142 Å². The van der Waals surface area contributed by atoms with Gasteiger partial charge in [-0.05, 0) is 112 Å². The Morgan fingerprint density at radius 1 is 0.507 bits per heavy atom. The fourth-order valence-electron chi connectivity index (χ4n) is 7.29. The molecule has 2 amide bonds. The van der Waals surface area contributed by atoms with Crippen LogP contribution >= 0.6 is 47.0 Å². The fraction of sp³-hybridized carbons (Fsp3) is 0.491. The summed E-state index contributed by atoms with van der Waals surface area (Å²) in [6.45, 7) is 27.1. The van der Waals surface area contributed by atoms with Crippen molar-refractivity contribution in [3.8, 4) is 23.0 Å². The number of benzene rings is 4. The minimum atomic E-state index is -0.556. The predicted octanol–water partition coefficient (Wildman–Crippen LogP) is 12.1. The second-order valence-corrected chi connectivity index (χ2v) is 25.9. The van der Waals surface area contributed by atoms with Gasteiger partial charge in [-0.1, -0.05) is 130 Å². The highest BCUT2D eigenvalue weighted by atomic mass is 32.2. The first-order valence-corrected chi connectivity index (χ1v) is 27.2. The van der Waals surface area contributed by atoms with Crippen molar-refractivity contribution in [1.29, 1.82) is 0 Å². The predicted molar refractivity (Wildman–Crippen MR) is 283 cm³/mol. The molecule has 0 saturated heterocycles. The summed E-state index contributed by atoms with van der Waals surface area (Å²) in [4.78, 5) is 59.1. The Morgan fingerprint density at radius 3 is 1.08 bits per heavy atom. The first-order valence-electron chi connectivity index (χ1n) is 24.0. The highest BCUT2D eigenvalue weighted by Gasteiger charge is 2.31. The molecule has 0 atom stereocenters. The van der Waals surface area contributed by atoms with E-state index in [-0.39, 0.29) is 66.5 Å². The SMILES string of the molecule is CCOC(=O)COc1c2cc(C(C)(C)C)cc1Sc1cc(C(C)(C)C)cc3c1OCC(=O)NCCCCNC(=O)COc1c(cc(C(C)(C)C)cc1S2)Sc1cc(C(C)(C)C)cc(c1OCC(=O)OC)S3. The van der Waals surface area contributed by atoms with Crippen molar-refractivity contribution in [3.63, 3.8) is 0 Å². The average Bonchev–Trinajstić information content (AvgIpc) is 3.26. The molecule has 4 aromatic rings. The number of amides is 2. The Morgan fingerprint density at radius 2 is 0.803 bits per heavy atom. The molecule has 384 valence electrons. The summed E-state index contributed by atoms with van der Waals surface area (Å²) in [5.74, 6) is 0.0969. The van der Waals surface area contributed by atoms with Gasteiger partial charge < -0.3 is 39.1 Å². The number of carbonyl (C=O) groups excluding carboxylic acids is 4. The van der Waals surface area contributed by atoms with E-state index in [4.69, 9.17) is 28.4 Å². The van der Waals surface area contributed by atoms with Gasteiger partial charge in [-0.15, -0.1) is 0 Å². The first kappa shape index (κ1) is 55.7. The molecular weight excluding hydrogens is 977 g/mol. The van der Waals surface area contributed by atoms with Crippen LogP contribution in [0.2, 0.25) is 0 Å². The lowest BCUT2D eigenvalue weighted by atomic mass is 9.87. The highest BCUT2D eigenvalue weighted by Crippen LogP contribution is 2.56. The van der Waals surface area contributed by atoms with Gasteiger partial charge in [0.25, 0.3) is 11.8 Å². The lowest BCUT2D eigenvalue weighted by molar-refractivity contribution is -0.145. The first-order chi connectivity index (χ1) is 33.2. The normalized spacial score (nSPS) is 15.1. The molecule has 2 N–H and O–H groups in total. The van der Waals surface area contributed by atoms with Crippen LogP contribution in [0.4, 0.5) is 0 Å². The van der Waals surface area contributed by atoms with Crippen molar-refractivity contribution in [2.45, 2.75) is 164 Å². The summed E-state index contributed by atoms with van der Waals surface area (Å²) in [6.07, 6.45) is 1.26. The van der Waals surface area contributed by atoms with Crippen LogP contribution in [-0.2, 0) is 50.3 Å². The topological polar surface area (TPSA) is 148 Å². The quantitative estimate of drug-likeness (QED) is 0.149. The van der Waals surface area contributed by atoms with Gasteiger partial charge in [0.05, 0.1) is 52.9 Å². The van der Waals surface area contributed by atoms with Gasteiger partial charge in [-0.2, -0.15) is 0 Å². The molecule has 2 heterocycles. The van der Waals surface area contributed by atoms with Crippen molar-refractivity contribution >= 4 is 70.8 Å². The molecule has 6 rings (SSSR count). The summed E-state index contributed by atoms with van der Waals surface area (Å²) in [7, 11) is 1.33. The minimum absolute atomic E-state index is 0.186. The maximum atomic E-state index is 13.7. The van der Waals surface area contributed by atoms with Crippen LogP contribution in [0.15, 0.2) is 87.7 Å². The molecule has 0 fully saturated rings. The molecular formula is C55H70N2O10S4. The number of ether oxygens (including phenoxy) is 6. The van der Waals surface area contributed by atoms with E-state index in [1.165, 1.54) is 54.2 Å². The summed E-state index contributed by atoms with van der Waals surface area (Å²) in [6, 6.07) is 16.7. The summed E-state index contributed by atoms with van der Waals surface area (Å²) >= 11 is 5.69. The van der Waals surface area contributed by atoms with E-state index in [1.807, 2.05) is 0 Å². The number of nitrogens with one attached hydrogen (secondary N) is 2. The Kier molecular flexibility index (Phi) is 18.1. The van der Waals surface area contributed by atoms with Gasteiger partial charge >= 0.3 is 11.9 Å². The maximum Gasteiger partial charge on any atom is 0.344 e. The number of hydrogen-bond acceptors (Lipinski definition) is 14. The van der Waals surface area contributed by atoms with Gasteiger partial charge in [0.2, 0.25) is 0 Å². The van der Waals surface area contributed by atoms with Crippen molar-refractivity contribution in [1.82, 2.24) is 10.6 Å². The molecule has 2 aliphatic rings. The number of methoxy groups -OCH3 is 1. The zero-order chi connectivity index (χ0) is 52.1. The molecule has 0 aliphatic carbocycles. The Labute approximate surface area is 437 Å². The standard InChI is InChI=1S/C55H70N2O10S4/c1-15-63-47(61)31-67-51-42-26-35(55(11,12)13)27-43(51)71-39-23-33(53(5,6)7)21-37-49(39)65-29-45(59)57-19-17-16-18-56-44(58)28-64-48-36(20-32(52(2,3)4)22-38(48)70-42)68-40-24-34(54(8,9)10)25-41(69-37)50(40)66-30-46(60)62-14/h20-27H,15-19,28-31H2,1-14H3,(H,56,58)(H,57,59). The Bertz CT molecular complexity index is 2500. The number of hydrogen-bond donors (Lipinski definition) is 2. The molecule has 4 aromatic carbocycles. The van der Waals surface area contributed by atoms with Gasteiger partial charge in [-0.3, -0.25) is 9.59 Å². The van der Waals surface area contributed by atoms with Crippen LogP contribution in [0.1, 0.15) is 125 Å². The highest BCUT2D eigenvalue weighted by molar-refractivity contribution is 8.01. The molecule has 16 heteroatoms. The molecule has 0 aromatic heterocycles. The van der Waals surface area contributed by atoms with E-state index in [9.17, 15) is 19.2 Å². The fourth-order valence-corrected chi connectivity index (χ4v) is 12.1. The van der Waals surface area contributed by atoms with Gasteiger partial charge in [-0.25, -0.2) is 9.59 Å². The van der Waals surface area contributed by atoms with Gasteiger partial charge in [0, 0.05) is 13.1 Å². The molecule has 2 aliphatic heterocycles. The summed E-state index contributed by atoms with van der Waals surface area (Å²) in [5.41, 5.74) is 2.54. The van der Waals surface area contributed by atoms with Gasteiger partial charge in [0.1, 0.15) is 23.0 Å². The monoisotopic (exact) mass is 1050 g/mol. The third-order valence-electron chi connectivity index (χ3n) is 11.6. The summed E-state index contributed by atoms with van der Waals surface area (Å²) in [5, 5.41) is 5.99. The van der Waals surface area contributed by atoms with Crippen LogP contribution in [0.3, 0.4) is 0 Å². The van der Waals surface area contributed by atoms with Crippen LogP contribution in [0, 0.1) is 0 Å². The van der Waals surface area contributed by atoms with Gasteiger partial charge in [0.15, 0.2) is 26.4 Å². The van der Waals surface area contributed by atoms with E-state index in [0.29, 0.717) is 88.1 Å². The van der Waals surface area contributed by atoms with E-state index >= 15 is 0 Å². The third kappa shape index (κ3) is 14.8. The van der Waals surface area contributed by atoms with E-state index < -0.39 is 11.9 Å². The summed E-state index contributed by atoms with van der Waals surface area (Å²) < 4.78 is 37.2. The molecule has 0 unspecified atom stereocenters. The number of rotatable bonds is 7. The Balaban J connectivity index is 1.83. The minimum Gasteiger partial charge on any atom is -0.481 e. The largest absolute Gasteiger partial charge is 0.481 e. The molecule has 0 spiro atoms.